The van der Waals surface area contributed by atoms with Crippen LogP contribution in [-0.4, -0.2) is 62.5 Å². The Morgan fingerprint density at radius 1 is 0.972 bits per heavy atom. The number of halogens is 2. The second kappa shape index (κ2) is 10.9. The van der Waals surface area contributed by atoms with Gasteiger partial charge in [0.05, 0.1) is 16.5 Å². The molecule has 2 aromatic heterocycles. The average molecular weight is 539 g/mol. The van der Waals surface area contributed by atoms with Crippen molar-refractivity contribution in [1.82, 2.24) is 24.6 Å². The Kier molecular flexibility index (Phi) is 7.46. The van der Waals surface area contributed by atoms with E-state index in [2.05, 4.69) is 27.0 Å². The van der Waals surface area contributed by atoms with E-state index >= 15 is 0 Å². The van der Waals surface area contributed by atoms with Crippen LogP contribution in [-0.2, 0) is 4.79 Å². The number of aryl methyl sites for hydroxylation is 1. The van der Waals surface area contributed by atoms with Crippen molar-refractivity contribution in [2.24, 2.45) is 0 Å². The molecule has 1 saturated heterocycles. The summed E-state index contributed by atoms with van der Waals surface area (Å²) < 4.78 is 1.89. The standard InChI is InChI=1S/C26H24Cl2N6OS/c1-18-8-9-20(27)15-23(18)32-11-13-33(14-12-32)24(35)17-36-26-31-30-25(19-5-4-10-29-16-19)34(26)22-7-3-2-6-21(22)28/h2-10,15-16H,11-14,17H2,1H3. The molecule has 2 aromatic carbocycles. The number of nitrogens with zero attached hydrogens (tertiary/aromatic N) is 6. The highest BCUT2D eigenvalue weighted by Crippen LogP contribution is 2.31. The molecule has 1 fully saturated rings. The Balaban J connectivity index is 1.30. The lowest BCUT2D eigenvalue weighted by atomic mass is 10.1. The summed E-state index contributed by atoms with van der Waals surface area (Å²) >= 11 is 14.1. The molecule has 184 valence electrons. The zero-order valence-corrected chi connectivity index (χ0v) is 22.0. The van der Waals surface area contributed by atoms with E-state index in [0.717, 1.165) is 35.1 Å². The van der Waals surface area contributed by atoms with Crippen molar-refractivity contribution in [2.45, 2.75) is 12.1 Å². The summed E-state index contributed by atoms with van der Waals surface area (Å²) in [5.74, 6) is 0.946. The summed E-state index contributed by atoms with van der Waals surface area (Å²) in [5, 5.41) is 10.7. The third kappa shape index (κ3) is 5.21. The fourth-order valence-electron chi connectivity index (χ4n) is 4.23. The van der Waals surface area contributed by atoms with Crippen LogP contribution in [0.25, 0.3) is 17.1 Å². The highest BCUT2D eigenvalue weighted by molar-refractivity contribution is 7.99. The van der Waals surface area contributed by atoms with Gasteiger partial charge in [-0.15, -0.1) is 10.2 Å². The molecular weight excluding hydrogens is 515 g/mol. The maximum atomic E-state index is 13.1. The summed E-state index contributed by atoms with van der Waals surface area (Å²) in [6, 6.07) is 17.2. The molecule has 0 unspecified atom stereocenters. The van der Waals surface area contributed by atoms with Gasteiger partial charge in [-0.25, -0.2) is 0 Å². The average Bonchev–Trinajstić information content (AvgIpc) is 3.33. The molecule has 1 amide bonds. The zero-order chi connectivity index (χ0) is 25.1. The number of amides is 1. The van der Waals surface area contributed by atoms with E-state index in [9.17, 15) is 4.79 Å². The van der Waals surface area contributed by atoms with Gasteiger partial charge in [0.1, 0.15) is 0 Å². The van der Waals surface area contributed by atoms with E-state index in [1.54, 1.807) is 12.4 Å². The predicted molar refractivity (Wildman–Crippen MR) is 145 cm³/mol. The van der Waals surface area contributed by atoms with E-state index in [-0.39, 0.29) is 11.7 Å². The Morgan fingerprint density at radius 2 is 1.78 bits per heavy atom. The quantitative estimate of drug-likeness (QED) is 0.307. The SMILES string of the molecule is Cc1ccc(Cl)cc1N1CCN(C(=O)CSc2nnc(-c3cccnc3)n2-c2ccccc2Cl)CC1. The number of carbonyl (C=O) groups excluding carboxylic acids is 1. The molecule has 0 spiro atoms. The van der Waals surface area contributed by atoms with E-state index in [4.69, 9.17) is 23.2 Å². The highest BCUT2D eigenvalue weighted by Gasteiger charge is 2.24. The number of aromatic nitrogens is 4. The minimum atomic E-state index is 0.0686. The van der Waals surface area contributed by atoms with Crippen LogP contribution in [0, 0.1) is 6.92 Å². The van der Waals surface area contributed by atoms with Crippen LogP contribution in [0.2, 0.25) is 10.0 Å². The number of pyridine rings is 1. The molecule has 1 aliphatic heterocycles. The molecule has 0 saturated carbocycles. The minimum Gasteiger partial charge on any atom is -0.368 e. The molecule has 10 heteroatoms. The molecule has 0 radical (unpaired) electrons. The van der Waals surface area contributed by atoms with Crippen molar-refractivity contribution < 1.29 is 4.79 Å². The number of hydrogen-bond donors (Lipinski definition) is 0. The van der Waals surface area contributed by atoms with E-state index in [0.29, 0.717) is 29.1 Å². The summed E-state index contributed by atoms with van der Waals surface area (Å²) in [6.07, 6.45) is 3.44. The maximum Gasteiger partial charge on any atom is 0.233 e. The third-order valence-corrected chi connectivity index (χ3v) is 7.58. The zero-order valence-electron chi connectivity index (χ0n) is 19.6. The number of anilines is 1. The van der Waals surface area contributed by atoms with Crippen molar-refractivity contribution in [1.29, 1.82) is 0 Å². The highest BCUT2D eigenvalue weighted by atomic mass is 35.5. The second-order valence-electron chi connectivity index (χ2n) is 8.42. The first-order chi connectivity index (χ1) is 17.5. The number of thioether (sulfide) groups is 1. The fraction of sp³-hybridized carbons (Fsp3) is 0.231. The number of carbonyl (C=O) groups is 1. The normalized spacial score (nSPS) is 13.8. The van der Waals surface area contributed by atoms with Crippen LogP contribution >= 0.6 is 35.0 Å². The van der Waals surface area contributed by atoms with Crippen molar-refractivity contribution in [2.75, 3.05) is 36.8 Å². The molecule has 0 N–H and O–H groups in total. The van der Waals surface area contributed by atoms with Gasteiger partial charge in [-0.1, -0.05) is 53.2 Å². The number of benzene rings is 2. The Hall–Kier alpha value is -3.07. The molecule has 3 heterocycles. The second-order valence-corrected chi connectivity index (χ2v) is 10.2. The van der Waals surface area contributed by atoms with Crippen molar-refractivity contribution in [3.8, 4) is 17.1 Å². The van der Waals surface area contributed by atoms with Gasteiger partial charge in [-0.05, 0) is 48.9 Å². The van der Waals surface area contributed by atoms with Gasteiger partial charge in [0.2, 0.25) is 5.91 Å². The molecule has 36 heavy (non-hydrogen) atoms. The van der Waals surface area contributed by atoms with Crippen molar-refractivity contribution in [3.05, 3.63) is 82.6 Å². The number of para-hydroxylation sites is 1. The van der Waals surface area contributed by atoms with Gasteiger partial charge in [-0.2, -0.15) is 0 Å². The summed E-state index contributed by atoms with van der Waals surface area (Å²) in [4.78, 5) is 21.5. The smallest absolute Gasteiger partial charge is 0.233 e. The fourth-order valence-corrected chi connectivity index (χ4v) is 5.47. The molecule has 1 aliphatic rings. The Morgan fingerprint density at radius 3 is 2.53 bits per heavy atom. The number of piperazine rings is 1. The van der Waals surface area contributed by atoms with Crippen LogP contribution in [0.4, 0.5) is 5.69 Å². The van der Waals surface area contributed by atoms with Gasteiger partial charge in [0.25, 0.3) is 0 Å². The van der Waals surface area contributed by atoms with E-state index < -0.39 is 0 Å². The lowest BCUT2D eigenvalue weighted by Gasteiger charge is -2.36. The van der Waals surface area contributed by atoms with E-state index in [1.807, 2.05) is 64.1 Å². The number of hydrogen-bond acceptors (Lipinski definition) is 6. The van der Waals surface area contributed by atoms with Crippen LogP contribution in [0.5, 0.6) is 0 Å². The minimum absolute atomic E-state index is 0.0686. The molecule has 5 rings (SSSR count). The van der Waals surface area contributed by atoms with Gasteiger partial charge in [0.15, 0.2) is 11.0 Å². The van der Waals surface area contributed by atoms with Crippen LogP contribution in [0.15, 0.2) is 72.1 Å². The first kappa shape index (κ1) is 24.6. The molecule has 0 atom stereocenters. The Labute approximate surface area is 224 Å². The lowest BCUT2D eigenvalue weighted by molar-refractivity contribution is -0.128. The van der Waals surface area contributed by atoms with Gasteiger partial charge in [-0.3, -0.25) is 14.3 Å². The van der Waals surface area contributed by atoms with Crippen molar-refractivity contribution in [3.63, 3.8) is 0 Å². The number of rotatable bonds is 6. The van der Waals surface area contributed by atoms with Crippen LogP contribution in [0.1, 0.15) is 5.56 Å². The maximum absolute atomic E-state index is 13.1. The molecule has 0 aliphatic carbocycles. The van der Waals surface area contributed by atoms with E-state index in [1.165, 1.54) is 17.3 Å². The topological polar surface area (TPSA) is 67.2 Å². The van der Waals surface area contributed by atoms with Crippen molar-refractivity contribution >= 4 is 46.6 Å². The van der Waals surface area contributed by atoms with Crippen LogP contribution in [0.3, 0.4) is 0 Å². The first-order valence-electron chi connectivity index (χ1n) is 11.5. The van der Waals surface area contributed by atoms with Gasteiger partial charge >= 0.3 is 0 Å². The molecule has 4 aromatic rings. The summed E-state index contributed by atoms with van der Waals surface area (Å²) in [7, 11) is 0. The monoisotopic (exact) mass is 538 g/mol. The Bertz CT molecular complexity index is 1370. The lowest BCUT2D eigenvalue weighted by Crippen LogP contribution is -2.49. The largest absolute Gasteiger partial charge is 0.368 e. The molecular formula is C26H24Cl2N6OS. The predicted octanol–water partition coefficient (Wildman–Crippen LogP) is 5.39. The molecule has 7 nitrogen and oxygen atoms in total. The van der Waals surface area contributed by atoms with Gasteiger partial charge in [0, 0.05) is 54.8 Å². The van der Waals surface area contributed by atoms with Crippen LogP contribution < -0.4 is 4.90 Å². The first-order valence-corrected chi connectivity index (χ1v) is 13.3. The molecule has 0 bridgehead atoms. The van der Waals surface area contributed by atoms with Gasteiger partial charge < -0.3 is 9.80 Å². The summed E-state index contributed by atoms with van der Waals surface area (Å²) in [6.45, 7) is 4.92. The third-order valence-electron chi connectivity index (χ3n) is 6.12. The summed E-state index contributed by atoms with van der Waals surface area (Å²) in [5.41, 5.74) is 3.87.